The van der Waals surface area contributed by atoms with Crippen molar-refractivity contribution in [3.8, 4) is 0 Å². The van der Waals surface area contributed by atoms with Crippen LogP contribution in [0.5, 0.6) is 0 Å². The number of para-hydroxylation sites is 1. The predicted octanol–water partition coefficient (Wildman–Crippen LogP) is 1.72. The molecule has 0 aliphatic rings. The lowest BCUT2D eigenvalue weighted by Crippen LogP contribution is -2.34. The smallest absolute Gasteiger partial charge is 0.303 e. The topological polar surface area (TPSA) is 83.9 Å². The standard InChI is InChI=1S/C14H21NO5S/c1-20-11-6-12-21(18,19)15(10-5-9-14(16)17)13-7-3-2-4-8-13/h2-4,7-8H,5-6,9-12H2,1H3,(H,16,17). The molecule has 0 saturated carbocycles. The van der Waals surface area contributed by atoms with E-state index in [0.717, 1.165) is 0 Å². The number of sulfonamides is 1. The molecule has 0 amide bonds. The molecule has 0 saturated heterocycles. The largest absolute Gasteiger partial charge is 0.481 e. The molecule has 1 N–H and O–H groups in total. The summed E-state index contributed by atoms with van der Waals surface area (Å²) in [5.74, 6) is -0.956. The molecule has 0 aliphatic heterocycles. The molecule has 1 aromatic carbocycles. The van der Waals surface area contributed by atoms with Gasteiger partial charge in [0.15, 0.2) is 0 Å². The zero-order chi connectivity index (χ0) is 15.7. The number of carbonyl (C=O) groups is 1. The van der Waals surface area contributed by atoms with E-state index < -0.39 is 16.0 Å². The van der Waals surface area contributed by atoms with Crippen LogP contribution in [0.4, 0.5) is 5.69 Å². The lowest BCUT2D eigenvalue weighted by atomic mass is 10.3. The zero-order valence-electron chi connectivity index (χ0n) is 12.1. The molecule has 0 heterocycles. The first-order valence-corrected chi connectivity index (χ1v) is 8.34. The summed E-state index contributed by atoms with van der Waals surface area (Å²) in [7, 11) is -1.96. The van der Waals surface area contributed by atoms with Gasteiger partial charge in [0.25, 0.3) is 0 Å². The van der Waals surface area contributed by atoms with Gasteiger partial charge in [-0.05, 0) is 25.0 Å². The normalized spacial score (nSPS) is 11.3. The van der Waals surface area contributed by atoms with Crippen LogP contribution in [0.2, 0.25) is 0 Å². The summed E-state index contributed by atoms with van der Waals surface area (Å²) < 4.78 is 31.0. The van der Waals surface area contributed by atoms with Gasteiger partial charge in [-0.15, -0.1) is 0 Å². The van der Waals surface area contributed by atoms with E-state index >= 15 is 0 Å². The highest BCUT2D eigenvalue weighted by atomic mass is 32.2. The maximum absolute atomic E-state index is 12.4. The molecule has 0 unspecified atom stereocenters. The van der Waals surface area contributed by atoms with Crippen molar-refractivity contribution in [3.05, 3.63) is 30.3 Å². The van der Waals surface area contributed by atoms with Gasteiger partial charge in [0.05, 0.1) is 11.4 Å². The summed E-state index contributed by atoms with van der Waals surface area (Å²) in [5.41, 5.74) is 0.556. The summed E-state index contributed by atoms with van der Waals surface area (Å²) in [6.45, 7) is 0.530. The van der Waals surface area contributed by atoms with Crippen molar-refractivity contribution in [2.75, 3.05) is 30.3 Å². The molecule has 1 rings (SSSR count). The lowest BCUT2D eigenvalue weighted by molar-refractivity contribution is -0.137. The molecule has 118 valence electrons. The SMILES string of the molecule is COCCCS(=O)(=O)N(CCCC(=O)O)c1ccccc1. The number of nitrogens with zero attached hydrogens (tertiary/aromatic N) is 1. The van der Waals surface area contributed by atoms with Gasteiger partial charge in [0.2, 0.25) is 10.0 Å². The number of benzene rings is 1. The summed E-state index contributed by atoms with van der Waals surface area (Å²) in [6, 6.07) is 8.72. The van der Waals surface area contributed by atoms with Crippen LogP contribution in [0.15, 0.2) is 30.3 Å². The van der Waals surface area contributed by atoms with Gasteiger partial charge in [0.1, 0.15) is 0 Å². The van der Waals surface area contributed by atoms with E-state index in [1.54, 1.807) is 30.3 Å². The number of anilines is 1. The van der Waals surface area contributed by atoms with E-state index in [-0.39, 0.29) is 25.1 Å². The molecule has 0 radical (unpaired) electrons. The molecule has 0 spiro atoms. The Bertz CT molecular complexity index is 530. The Labute approximate surface area is 125 Å². The van der Waals surface area contributed by atoms with Gasteiger partial charge >= 0.3 is 5.97 Å². The summed E-state index contributed by atoms with van der Waals surface area (Å²) in [5, 5.41) is 8.69. The predicted molar refractivity (Wildman–Crippen MR) is 80.9 cm³/mol. The quantitative estimate of drug-likeness (QED) is 0.665. The van der Waals surface area contributed by atoms with Gasteiger partial charge in [-0.1, -0.05) is 18.2 Å². The maximum Gasteiger partial charge on any atom is 0.303 e. The first-order chi connectivity index (χ1) is 9.97. The maximum atomic E-state index is 12.4. The fourth-order valence-corrected chi connectivity index (χ4v) is 3.45. The highest BCUT2D eigenvalue weighted by molar-refractivity contribution is 7.92. The summed E-state index contributed by atoms with van der Waals surface area (Å²) >= 11 is 0. The molecule has 0 aliphatic carbocycles. The van der Waals surface area contributed by atoms with Crippen LogP contribution in [0.1, 0.15) is 19.3 Å². The lowest BCUT2D eigenvalue weighted by Gasteiger charge is -2.24. The van der Waals surface area contributed by atoms with Crippen LogP contribution in [0.25, 0.3) is 0 Å². The molecular weight excluding hydrogens is 294 g/mol. The Morgan fingerprint density at radius 3 is 2.48 bits per heavy atom. The number of carboxylic acids is 1. The first kappa shape index (κ1) is 17.5. The van der Waals surface area contributed by atoms with Crippen molar-refractivity contribution in [1.82, 2.24) is 0 Å². The Morgan fingerprint density at radius 1 is 1.24 bits per heavy atom. The Kier molecular flexibility index (Phi) is 7.18. The van der Waals surface area contributed by atoms with Crippen LogP contribution in [0.3, 0.4) is 0 Å². The molecule has 0 bridgehead atoms. The van der Waals surface area contributed by atoms with Gasteiger partial charge < -0.3 is 9.84 Å². The summed E-state index contributed by atoms with van der Waals surface area (Å²) in [4.78, 5) is 10.6. The minimum atomic E-state index is -3.49. The van der Waals surface area contributed by atoms with Crippen LogP contribution >= 0.6 is 0 Å². The fourth-order valence-electron chi connectivity index (χ4n) is 1.89. The Balaban J connectivity index is 2.83. The molecule has 1 aromatic rings. The Morgan fingerprint density at radius 2 is 1.90 bits per heavy atom. The monoisotopic (exact) mass is 315 g/mol. The van der Waals surface area contributed by atoms with Gasteiger partial charge in [0, 0.05) is 26.7 Å². The minimum absolute atomic E-state index is 0.0250. The highest BCUT2D eigenvalue weighted by Crippen LogP contribution is 2.19. The van der Waals surface area contributed by atoms with E-state index in [1.807, 2.05) is 0 Å². The molecule has 6 nitrogen and oxygen atoms in total. The molecule has 7 heteroatoms. The number of aliphatic carboxylic acids is 1. The summed E-state index contributed by atoms with van der Waals surface area (Å²) in [6.07, 6.45) is 0.617. The third kappa shape index (κ3) is 6.14. The van der Waals surface area contributed by atoms with Crippen LogP contribution in [-0.2, 0) is 19.6 Å². The number of methoxy groups -OCH3 is 1. The molecular formula is C14H21NO5S. The molecule has 0 aromatic heterocycles. The first-order valence-electron chi connectivity index (χ1n) is 6.73. The number of ether oxygens (including phenoxy) is 1. The van der Waals surface area contributed by atoms with E-state index in [4.69, 9.17) is 9.84 Å². The van der Waals surface area contributed by atoms with Crippen LogP contribution in [0, 0.1) is 0 Å². The van der Waals surface area contributed by atoms with E-state index in [9.17, 15) is 13.2 Å². The third-order valence-electron chi connectivity index (χ3n) is 2.88. The van der Waals surface area contributed by atoms with Crippen molar-refractivity contribution in [2.45, 2.75) is 19.3 Å². The third-order valence-corrected chi connectivity index (χ3v) is 4.75. The molecule has 0 fully saturated rings. The van der Waals surface area contributed by atoms with Crippen molar-refractivity contribution >= 4 is 21.7 Å². The second-order valence-electron chi connectivity index (χ2n) is 4.57. The number of carboxylic acid groups (broad SMARTS) is 1. The fraction of sp³-hybridized carbons (Fsp3) is 0.500. The number of hydrogen-bond donors (Lipinski definition) is 1. The van der Waals surface area contributed by atoms with Crippen LogP contribution in [-0.4, -0.2) is 45.5 Å². The van der Waals surface area contributed by atoms with Crippen molar-refractivity contribution in [3.63, 3.8) is 0 Å². The van der Waals surface area contributed by atoms with Crippen molar-refractivity contribution in [1.29, 1.82) is 0 Å². The average molecular weight is 315 g/mol. The van der Waals surface area contributed by atoms with Gasteiger partial charge in [-0.25, -0.2) is 8.42 Å². The molecule has 21 heavy (non-hydrogen) atoms. The van der Waals surface area contributed by atoms with Crippen LogP contribution < -0.4 is 4.31 Å². The van der Waals surface area contributed by atoms with Gasteiger partial charge in [-0.3, -0.25) is 9.10 Å². The average Bonchev–Trinajstić information content (AvgIpc) is 2.44. The second-order valence-corrected chi connectivity index (χ2v) is 6.58. The zero-order valence-corrected chi connectivity index (χ0v) is 12.9. The Hall–Kier alpha value is -1.60. The molecule has 0 atom stereocenters. The minimum Gasteiger partial charge on any atom is -0.481 e. The van der Waals surface area contributed by atoms with E-state index in [2.05, 4.69) is 0 Å². The van der Waals surface area contributed by atoms with Gasteiger partial charge in [-0.2, -0.15) is 0 Å². The second kappa shape index (κ2) is 8.63. The van der Waals surface area contributed by atoms with Crippen molar-refractivity contribution in [2.24, 2.45) is 0 Å². The number of hydrogen-bond acceptors (Lipinski definition) is 4. The van der Waals surface area contributed by atoms with Crippen molar-refractivity contribution < 1.29 is 23.1 Å². The highest BCUT2D eigenvalue weighted by Gasteiger charge is 2.21. The van der Waals surface area contributed by atoms with E-state index in [1.165, 1.54) is 11.4 Å². The van der Waals surface area contributed by atoms with E-state index in [0.29, 0.717) is 18.7 Å². The number of rotatable bonds is 10.